The fraction of sp³-hybridized carbons (Fsp3) is 0.667. The molecule has 1 aromatic rings. The molecule has 2 fully saturated rings. The van der Waals surface area contributed by atoms with Crippen molar-refractivity contribution in [1.82, 2.24) is 4.90 Å². The molecule has 0 radical (unpaired) electrons. The fourth-order valence-electron chi connectivity index (χ4n) is 4.11. The Hall–Kier alpha value is -0.930. The molecule has 1 saturated carbocycles. The Morgan fingerprint density at radius 3 is 2.76 bits per heavy atom. The lowest BCUT2D eigenvalue weighted by Crippen LogP contribution is -2.48. The molecule has 1 aromatic carbocycles. The lowest BCUT2D eigenvalue weighted by molar-refractivity contribution is -0.0177. The summed E-state index contributed by atoms with van der Waals surface area (Å²) >= 11 is 0. The number of rotatable bonds is 4. The Morgan fingerprint density at radius 2 is 2.05 bits per heavy atom. The van der Waals surface area contributed by atoms with E-state index in [9.17, 15) is 4.39 Å². The Balaban J connectivity index is 1.67. The number of likely N-dealkylation sites (tertiary alicyclic amines) is 1. The fourth-order valence-corrected chi connectivity index (χ4v) is 4.11. The van der Waals surface area contributed by atoms with Gasteiger partial charge in [-0.05, 0) is 43.4 Å². The van der Waals surface area contributed by atoms with E-state index in [1.807, 2.05) is 19.2 Å². The first-order valence-corrected chi connectivity index (χ1v) is 8.27. The third-order valence-corrected chi connectivity index (χ3v) is 5.23. The zero-order chi connectivity index (χ0) is 14.7. The van der Waals surface area contributed by atoms with Gasteiger partial charge in [-0.15, -0.1) is 0 Å². The maximum absolute atomic E-state index is 13.4. The van der Waals surface area contributed by atoms with E-state index in [0.717, 1.165) is 37.5 Å². The minimum Gasteiger partial charge on any atom is -0.381 e. The monoisotopic (exact) mass is 291 g/mol. The van der Waals surface area contributed by atoms with Gasteiger partial charge < -0.3 is 4.74 Å². The van der Waals surface area contributed by atoms with Crippen LogP contribution in [0.3, 0.4) is 0 Å². The van der Waals surface area contributed by atoms with Gasteiger partial charge in [0.2, 0.25) is 0 Å². The van der Waals surface area contributed by atoms with Crippen LogP contribution in [0.2, 0.25) is 0 Å². The molecule has 1 aliphatic carbocycles. The number of ether oxygens (including phenoxy) is 1. The van der Waals surface area contributed by atoms with Crippen LogP contribution in [0, 0.1) is 11.7 Å². The quantitative estimate of drug-likeness (QED) is 0.839. The van der Waals surface area contributed by atoms with E-state index in [-0.39, 0.29) is 5.82 Å². The van der Waals surface area contributed by atoms with Gasteiger partial charge >= 0.3 is 0 Å². The van der Waals surface area contributed by atoms with E-state index < -0.39 is 0 Å². The first-order chi connectivity index (χ1) is 10.3. The molecule has 0 amide bonds. The summed E-state index contributed by atoms with van der Waals surface area (Å²) < 4.78 is 19.1. The molecule has 116 valence electrons. The average Bonchev–Trinajstić information content (AvgIpc) is 3.01. The lowest BCUT2D eigenvalue weighted by atomic mass is 9.87. The van der Waals surface area contributed by atoms with E-state index in [0.29, 0.717) is 12.0 Å². The van der Waals surface area contributed by atoms with Crippen LogP contribution in [-0.2, 0) is 11.2 Å². The predicted octanol–water partition coefficient (Wildman–Crippen LogP) is 3.65. The summed E-state index contributed by atoms with van der Waals surface area (Å²) in [6.07, 6.45) is 7.79. The number of nitrogens with zero attached hydrogens (tertiary/aromatic N) is 1. The van der Waals surface area contributed by atoms with E-state index >= 15 is 0 Å². The summed E-state index contributed by atoms with van der Waals surface area (Å²) in [6.45, 7) is 2.25. The first-order valence-electron chi connectivity index (χ1n) is 8.27. The van der Waals surface area contributed by atoms with Crippen molar-refractivity contribution in [2.75, 3.05) is 20.2 Å². The number of benzene rings is 1. The zero-order valence-electron chi connectivity index (χ0n) is 12.9. The van der Waals surface area contributed by atoms with Gasteiger partial charge in [-0.1, -0.05) is 25.0 Å². The van der Waals surface area contributed by atoms with Crippen molar-refractivity contribution in [1.29, 1.82) is 0 Å². The van der Waals surface area contributed by atoms with Gasteiger partial charge in [-0.2, -0.15) is 0 Å². The maximum atomic E-state index is 13.4. The zero-order valence-corrected chi connectivity index (χ0v) is 12.9. The Morgan fingerprint density at radius 1 is 1.24 bits per heavy atom. The van der Waals surface area contributed by atoms with Gasteiger partial charge in [-0.3, -0.25) is 4.90 Å². The topological polar surface area (TPSA) is 12.5 Å². The molecule has 0 N–H and O–H groups in total. The van der Waals surface area contributed by atoms with Gasteiger partial charge in [0, 0.05) is 32.2 Å². The molecule has 0 bridgehead atoms. The van der Waals surface area contributed by atoms with Crippen molar-refractivity contribution < 1.29 is 9.13 Å². The van der Waals surface area contributed by atoms with Gasteiger partial charge in [-0.25, -0.2) is 4.39 Å². The van der Waals surface area contributed by atoms with E-state index in [4.69, 9.17) is 4.74 Å². The maximum Gasteiger partial charge on any atom is 0.123 e. The summed E-state index contributed by atoms with van der Waals surface area (Å²) in [7, 11) is 1.81. The third-order valence-electron chi connectivity index (χ3n) is 5.23. The molecule has 1 saturated heterocycles. The molecule has 0 unspecified atom stereocenters. The SMILES string of the molecule is CO[C@@H]1CCN(C2CCCC2)C[C@H]1Cc1cccc(F)c1. The molecule has 21 heavy (non-hydrogen) atoms. The highest BCUT2D eigenvalue weighted by molar-refractivity contribution is 5.17. The number of piperidine rings is 1. The molecule has 1 aliphatic heterocycles. The Bertz CT molecular complexity index is 458. The van der Waals surface area contributed by atoms with Crippen molar-refractivity contribution in [3.63, 3.8) is 0 Å². The Labute approximate surface area is 127 Å². The summed E-state index contributed by atoms with van der Waals surface area (Å²) in [5.41, 5.74) is 1.09. The van der Waals surface area contributed by atoms with Crippen LogP contribution in [0.1, 0.15) is 37.7 Å². The number of methoxy groups -OCH3 is 1. The number of halogens is 1. The van der Waals surface area contributed by atoms with Crippen molar-refractivity contribution in [2.45, 2.75) is 50.7 Å². The highest BCUT2D eigenvalue weighted by Crippen LogP contribution is 2.30. The molecule has 2 aliphatic rings. The minimum atomic E-state index is -0.134. The van der Waals surface area contributed by atoms with Crippen LogP contribution in [0.5, 0.6) is 0 Å². The molecule has 2 atom stereocenters. The molecule has 2 nitrogen and oxygen atoms in total. The molecular formula is C18H26FNO. The van der Waals surface area contributed by atoms with E-state index in [1.165, 1.54) is 31.7 Å². The molecule has 1 heterocycles. The van der Waals surface area contributed by atoms with Crippen LogP contribution >= 0.6 is 0 Å². The van der Waals surface area contributed by atoms with Crippen molar-refractivity contribution in [3.05, 3.63) is 35.6 Å². The second-order valence-electron chi connectivity index (χ2n) is 6.59. The van der Waals surface area contributed by atoms with Crippen LogP contribution in [-0.4, -0.2) is 37.2 Å². The summed E-state index contributed by atoms with van der Waals surface area (Å²) in [4.78, 5) is 2.66. The van der Waals surface area contributed by atoms with Gasteiger partial charge in [0.25, 0.3) is 0 Å². The average molecular weight is 291 g/mol. The molecule has 0 spiro atoms. The summed E-state index contributed by atoms with van der Waals surface area (Å²) in [6, 6.07) is 7.80. The molecule has 3 rings (SSSR count). The first kappa shape index (κ1) is 15.0. The smallest absolute Gasteiger partial charge is 0.123 e. The standard InChI is InChI=1S/C18H26FNO/c1-21-18-9-10-20(17-7-2-3-8-17)13-15(18)11-14-5-4-6-16(19)12-14/h4-6,12,15,17-18H,2-3,7-11,13H2,1H3/t15-,18-/m1/s1. The number of hydrogen-bond acceptors (Lipinski definition) is 2. The normalized spacial score (nSPS) is 28.1. The van der Waals surface area contributed by atoms with Gasteiger partial charge in [0.05, 0.1) is 6.10 Å². The minimum absolute atomic E-state index is 0.134. The molecule has 3 heteroatoms. The third kappa shape index (κ3) is 3.64. The highest BCUT2D eigenvalue weighted by Gasteiger charge is 2.33. The van der Waals surface area contributed by atoms with Crippen molar-refractivity contribution in [2.24, 2.45) is 5.92 Å². The summed E-state index contributed by atoms with van der Waals surface area (Å²) in [5, 5.41) is 0. The van der Waals surface area contributed by atoms with Gasteiger partial charge in [0.1, 0.15) is 5.82 Å². The van der Waals surface area contributed by atoms with Gasteiger partial charge in [0.15, 0.2) is 0 Å². The van der Waals surface area contributed by atoms with Crippen LogP contribution in [0.15, 0.2) is 24.3 Å². The predicted molar refractivity (Wildman–Crippen MR) is 82.8 cm³/mol. The summed E-state index contributed by atoms with van der Waals surface area (Å²) in [5.74, 6) is 0.344. The largest absolute Gasteiger partial charge is 0.381 e. The molecular weight excluding hydrogens is 265 g/mol. The van der Waals surface area contributed by atoms with Crippen LogP contribution in [0.4, 0.5) is 4.39 Å². The number of hydrogen-bond donors (Lipinski definition) is 0. The Kier molecular flexibility index (Phi) is 4.91. The van der Waals surface area contributed by atoms with Crippen molar-refractivity contribution in [3.8, 4) is 0 Å². The second-order valence-corrected chi connectivity index (χ2v) is 6.59. The van der Waals surface area contributed by atoms with Crippen LogP contribution in [0.25, 0.3) is 0 Å². The highest BCUT2D eigenvalue weighted by atomic mass is 19.1. The van der Waals surface area contributed by atoms with E-state index in [2.05, 4.69) is 4.90 Å². The molecule has 0 aromatic heterocycles. The second kappa shape index (κ2) is 6.89. The van der Waals surface area contributed by atoms with Crippen molar-refractivity contribution >= 4 is 0 Å². The van der Waals surface area contributed by atoms with Crippen LogP contribution < -0.4 is 0 Å². The van der Waals surface area contributed by atoms with E-state index in [1.54, 1.807) is 6.07 Å². The lowest BCUT2D eigenvalue weighted by Gasteiger charge is -2.41.